The number of carbonyl (C=O) groups excluding carboxylic acids is 2. The number of hydroxylamine groups is 2. The van der Waals surface area contributed by atoms with E-state index in [9.17, 15) is 9.59 Å². The Balaban J connectivity index is 1.50. The molecule has 2 amide bonds. The van der Waals surface area contributed by atoms with Gasteiger partial charge < -0.3 is 24.1 Å². The lowest BCUT2D eigenvalue weighted by Crippen LogP contribution is -2.37. The molecule has 2 heterocycles. The topological polar surface area (TPSA) is 121 Å². The van der Waals surface area contributed by atoms with E-state index in [1.54, 1.807) is 6.08 Å². The fourth-order valence-corrected chi connectivity index (χ4v) is 3.53. The van der Waals surface area contributed by atoms with E-state index in [-0.39, 0.29) is 6.54 Å². The predicted molar refractivity (Wildman–Crippen MR) is 129 cm³/mol. The molecular weight excluding hydrogens is 450 g/mol. The van der Waals surface area contributed by atoms with Crippen molar-refractivity contribution < 1.29 is 28.0 Å². The van der Waals surface area contributed by atoms with Crippen LogP contribution in [0.2, 0.25) is 0 Å². The number of urea groups is 1. The highest BCUT2D eigenvalue weighted by atomic mass is 16.8. The maximum Gasteiger partial charge on any atom is 0.533 e. The van der Waals surface area contributed by atoms with Crippen LogP contribution in [0.25, 0.3) is 28.0 Å². The normalized spacial score (nSPS) is 11.5. The number of aromatic nitrogens is 1. The Bertz CT molecular complexity index is 1390. The Morgan fingerprint density at radius 1 is 1.11 bits per heavy atom. The highest BCUT2D eigenvalue weighted by molar-refractivity contribution is 5.83. The zero-order chi connectivity index (χ0) is 24.9. The molecule has 0 atom stereocenters. The molecule has 4 rings (SSSR count). The minimum atomic E-state index is -1.03. The molecule has 0 aliphatic rings. The van der Waals surface area contributed by atoms with Crippen molar-refractivity contribution in [2.75, 3.05) is 13.7 Å². The molecule has 0 spiro atoms. The van der Waals surface area contributed by atoms with Gasteiger partial charge >= 0.3 is 12.2 Å². The molecular formula is C26H25N3O6. The number of hydrogen-bond acceptors (Lipinski definition) is 7. The fraction of sp³-hybridized carbons (Fsp3) is 0.192. The number of aryl methyl sites for hydroxylation is 1. The molecule has 0 bridgehead atoms. The first-order valence-corrected chi connectivity index (χ1v) is 10.9. The van der Waals surface area contributed by atoms with Gasteiger partial charge in [0.1, 0.15) is 17.1 Å². The van der Waals surface area contributed by atoms with E-state index in [0.717, 1.165) is 52.0 Å². The first-order chi connectivity index (χ1) is 16.8. The summed E-state index contributed by atoms with van der Waals surface area (Å²) in [4.78, 5) is 32.2. The minimum absolute atomic E-state index is 0.0277. The van der Waals surface area contributed by atoms with Gasteiger partial charge in [0.2, 0.25) is 5.89 Å². The Labute approximate surface area is 201 Å². The van der Waals surface area contributed by atoms with Crippen LogP contribution in [0.4, 0.5) is 9.59 Å². The lowest BCUT2D eigenvalue weighted by Gasteiger charge is -2.16. The van der Waals surface area contributed by atoms with Crippen molar-refractivity contribution in [1.29, 1.82) is 0 Å². The average molecular weight is 476 g/mol. The number of furan rings is 1. The molecule has 0 aliphatic carbocycles. The summed E-state index contributed by atoms with van der Waals surface area (Å²) < 4.78 is 16.3. The largest absolute Gasteiger partial charge is 0.533 e. The monoisotopic (exact) mass is 475 g/mol. The number of fused-ring (bicyclic) bond motifs is 1. The molecule has 4 aromatic rings. The lowest BCUT2D eigenvalue weighted by atomic mass is 10.1. The summed E-state index contributed by atoms with van der Waals surface area (Å²) >= 11 is 0. The molecule has 2 N–H and O–H groups in total. The molecule has 35 heavy (non-hydrogen) atoms. The molecule has 9 nitrogen and oxygen atoms in total. The van der Waals surface area contributed by atoms with Crippen molar-refractivity contribution in [3.05, 3.63) is 83.5 Å². The van der Waals surface area contributed by atoms with Crippen LogP contribution in [0.15, 0.2) is 69.5 Å². The van der Waals surface area contributed by atoms with Gasteiger partial charge in [-0.05, 0) is 55.3 Å². The van der Waals surface area contributed by atoms with Crippen LogP contribution in [0.5, 0.6) is 0 Å². The Morgan fingerprint density at radius 3 is 2.60 bits per heavy atom. The molecule has 0 aliphatic heterocycles. The van der Waals surface area contributed by atoms with Crippen LogP contribution < -0.4 is 5.73 Å². The van der Waals surface area contributed by atoms with Gasteiger partial charge in [-0.3, -0.25) is 0 Å². The number of rotatable bonds is 6. The molecule has 0 fully saturated rings. The molecule has 0 radical (unpaired) electrons. The third-order valence-corrected chi connectivity index (χ3v) is 5.44. The molecule has 9 heteroatoms. The number of oxazole rings is 1. The maximum absolute atomic E-state index is 11.5. The predicted octanol–water partition coefficient (Wildman–Crippen LogP) is 5.47. The smallest absolute Gasteiger partial charge is 0.461 e. The number of benzene rings is 2. The number of carbonyl (C=O) groups is 2. The van der Waals surface area contributed by atoms with Gasteiger partial charge in [0.25, 0.3) is 0 Å². The summed E-state index contributed by atoms with van der Waals surface area (Å²) in [5, 5.41) is 1.64. The van der Waals surface area contributed by atoms with Gasteiger partial charge in [-0.25, -0.2) is 14.6 Å². The number of hydrogen-bond donors (Lipinski definition) is 1. The highest BCUT2D eigenvalue weighted by Crippen LogP contribution is 2.28. The van der Waals surface area contributed by atoms with Crippen molar-refractivity contribution in [1.82, 2.24) is 10.0 Å². The van der Waals surface area contributed by atoms with E-state index < -0.39 is 12.2 Å². The van der Waals surface area contributed by atoms with Crippen LogP contribution in [-0.2, 0) is 16.0 Å². The van der Waals surface area contributed by atoms with Crippen LogP contribution in [0.3, 0.4) is 0 Å². The van der Waals surface area contributed by atoms with Crippen molar-refractivity contribution in [2.24, 2.45) is 5.73 Å². The van der Waals surface area contributed by atoms with Crippen molar-refractivity contribution in [2.45, 2.75) is 20.3 Å². The van der Waals surface area contributed by atoms with Crippen molar-refractivity contribution in [3.63, 3.8) is 0 Å². The van der Waals surface area contributed by atoms with Crippen LogP contribution in [0, 0.1) is 6.92 Å². The van der Waals surface area contributed by atoms with Crippen molar-refractivity contribution in [3.8, 4) is 11.5 Å². The maximum atomic E-state index is 11.5. The summed E-state index contributed by atoms with van der Waals surface area (Å²) in [5.41, 5.74) is 9.50. The summed E-state index contributed by atoms with van der Waals surface area (Å²) in [7, 11) is 1.14. The van der Waals surface area contributed by atoms with Gasteiger partial charge in [0.15, 0.2) is 0 Å². The fourth-order valence-electron chi connectivity index (χ4n) is 3.53. The van der Waals surface area contributed by atoms with Gasteiger partial charge in [-0.2, -0.15) is 0 Å². The first-order valence-electron chi connectivity index (χ1n) is 10.9. The van der Waals surface area contributed by atoms with Gasteiger partial charge in [-0.15, -0.1) is 5.06 Å². The van der Waals surface area contributed by atoms with Crippen LogP contribution in [0.1, 0.15) is 29.7 Å². The Hall–Kier alpha value is -4.53. The van der Waals surface area contributed by atoms with E-state index in [1.807, 2.05) is 68.4 Å². The van der Waals surface area contributed by atoms with E-state index >= 15 is 0 Å². The van der Waals surface area contributed by atoms with Gasteiger partial charge in [0.05, 0.1) is 25.8 Å². The second-order valence-electron chi connectivity index (χ2n) is 7.86. The standard InChI is InChI=1S/C26H25N3O6/c1-16(11-12-29(25(27)30)35-26(31)32-3)19-9-10-23-20(13-19)14-21(34-23)15-22-17(2)33-24(28-22)18-7-5-4-6-8-18/h4-11,13-14H,12,15H2,1-3H3,(H2,27,30)/b16-11-. The Morgan fingerprint density at radius 2 is 1.89 bits per heavy atom. The SMILES string of the molecule is COC(=O)ON(C/C=C(/C)c1ccc2oc(Cc3nc(-c4ccccc4)oc3C)cc2c1)C(N)=O. The zero-order valence-electron chi connectivity index (χ0n) is 19.6. The van der Waals surface area contributed by atoms with E-state index in [4.69, 9.17) is 19.4 Å². The number of nitrogens with zero attached hydrogens (tertiary/aromatic N) is 2. The minimum Gasteiger partial charge on any atom is -0.461 e. The first kappa shape index (κ1) is 23.6. The quantitative estimate of drug-likeness (QED) is 0.290. The number of methoxy groups -OCH3 is 1. The van der Waals surface area contributed by atoms with E-state index in [0.29, 0.717) is 17.4 Å². The van der Waals surface area contributed by atoms with E-state index in [2.05, 4.69) is 9.72 Å². The molecule has 180 valence electrons. The lowest BCUT2D eigenvalue weighted by molar-refractivity contribution is -0.0772. The van der Waals surface area contributed by atoms with Gasteiger partial charge in [-0.1, -0.05) is 30.3 Å². The molecule has 2 aromatic carbocycles. The summed E-state index contributed by atoms with van der Waals surface area (Å²) in [6.07, 6.45) is 1.19. The number of nitrogens with two attached hydrogens (primary N) is 1. The number of allylic oxidation sites excluding steroid dienone is 1. The second kappa shape index (κ2) is 10.2. The van der Waals surface area contributed by atoms with Crippen LogP contribution >= 0.6 is 0 Å². The average Bonchev–Trinajstić information content (AvgIpc) is 3.43. The third-order valence-electron chi connectivity index (χ3n) is 5.44. The summed E-state index contributed by atoms with van der Waals surface area (Å²) in [6.45, 7) is 3.74. The molecule has 0 saturated carbocycles. The number of primary amides is 1. The Kier molecular flexibility index (Phi) is 6.86. The molecule has 2 aromatic heterocycles. The second-order valence-corrected chi connectivity index (χ2v) is 7.86. The summed E-state index contributed by atoms with van der Waals surface area (Å²) in [6, 6.07) is 16.6. The number of amides is 2. The molecule has 0 saturated heterocycles. The van der Waals surface area contributed by atoms with Crippen molar-refractivity contribution >= 4 is 28.7 Å². The zero-order valence-corrected chi connectivity index (χ0v) is 19.6. The van der Waals surface area contributed by atoms with Gasteiger partial charge in [0, 0.05) is 10.9 Å². The third kappa shape index (κ3) is 5.52. The highest BCUT2D eigenvalue weighted by Gasteiger charge is 2.16. The van der Waals surface area contributed by atoms with Crippen LogP contribution in [-0.4, -0.2) is 35.9 Å². The molecule has 0 unspecified atom stereocenters. The summed E-state index contributed by atoms with van der Waals surface area (Å²) in [5.74, 6) is 2.09. The number of ether oxygens (including phenoxy) is 1. The van der Waals surface area contributed by atoms with E-state index in [1.165, 1.54) is 0 Å².